The molecule has 0 bridgehead atoms. The maximum absolute atomic E-state index is 12.7. The number of hydrogen-bond donors (Lipinski definition) is 1. The maximum atomic E-state index is 12.7. The topological polar surface area (TPSA) is 85.3 Å². The zero-order chi connectivity index (χ0) is 19.1. The molecule has 0 radical (unpaired) electrons. The Hall–Kier alpha value is -3.32. The van der Waals surface area contributed by atoms with Crippen molar-refractivity contribution in [3.05, 3.63) is 79.6 Å². The molecule has 0 amide bonds. The van der Waals surface area contributed by atoms with Crippen molar-refractivity contribution in [2.45, 2.75) is 6.92 Å². The van der Waals surface area contributed by atoms with Crippen LogP contribution in [0.1, 0.15) is 11.3 Å². The van der Waals surface area contributed by atoms with Gasteiger partial charge in [0.1, 0.15) is 0 Å². The molecule has 4 rings (SSSR count). The number of nitrogens with zero attached hydrogens (tertiary/aromatic N) is 3. The van der Waals surface area contributed by atoms with Crippen LogP contribution < -0.4 is 11.3 Å². The summed E-state index contributed by atoms with van der Waals surface area (Å²) in [6.45, 7) is 1.80. The molecule has 1 N–H and O–H groups in total. The van der Waals surface area contributed by atoms with Gasteiger partial charge in [-0.05, 0) is 43.3 Å². The first-order valence-electron chi connectivity index (χ1n) is 8.15. The van der Waals surface area contributed by atoms with Crippen LogP contribution in [0.15, 0.2) is 61.5 Å². The van der Waals surface area contributed by atoms with Crippen molar-refractivity contribution in [3.63, 3.8) is 0 Å². The van der Waals surface area contributed by atoms with Crippen LogP contribution in [0.5, 0.6) is 0 Å². The van der Waals surface area contributed by atoms with E-state index in [1.807, 2.05) is 0 Å². The zero-order valence-corrected chi connectivity index (χ0v) is 15.3. The summed E-state index contributed by atoms with van der Waals surface area (Å²) in [6.07, 6.45) is 1.50. The highest BCUT2D eigenvalue weighted by molar-refractivity contribution is 6.30. The van der Waals surface area contributed by atoms with Crippen molar-refractivity contribution in [2.24, 2.45) is 12.0 Å². The molecule has 136 valence electrons. The number of benzene rings is 2. The van der Waals surface area contributed by atoms with Gasteiger partial charge in [-0.2, -0.15) is 0 Å². The van der Waals surface area contributed by atoms with Crippen LogP contribution in [-0.4, -0.2) is 20.6 Å². The molecule has 0 aliphatic heterocycles. The van der Waals surface area contributed by atoms with E-state index in [0.29, 0.717) is 38.8 Å². The number of halogens is 1. The summed E-state index contributed by atoms with van der Waals surface area (Å²) in [5, 5.41) is 3.63. The smallest absolute Gasteiger partial charge is 0.408 e. The Morgan fingerprint density at radius 1 is 1.15 bits per heavy atom. The fraction of sp³-hybridized carbons (Fsp3) is 0.105. The van der Waals surface area contributed by atoms with E-state index in [-0.39, 0.29) is 5.56 Å². The maximum Gasteiger partial charge on any atom is 0.419 e. The molecule has 8 heteroatoms. The van der Waals surface area contributed by atoms with Crippen LogP contribution in [0, 0.1) is 6.92 Å². The Morgan fingerprint density at radius 2 is 1.89 bits per heavy atom. The van der Waals surface area contributed by atoms with Gasteiger partial charge in [0.25, 0.3) is 5.56 Å². The number of rotatable bonds is 3. The van der Waals surface area contributed by atoms with Gasteiger partial charge in [-0.25, -0.2) is 9.48 Å². The van der Waals surface area contributed by atoms with Crippen LogP contribution in [0.25, 0.3) is 16.8 Å². The predicted molar refractivity (Wildman–Crippen MR) is 105 cm³/mol. The molecule has 0 atom stereocenters. The van der Waals surface area contributed by atoms with Crippen LogP contribution >= 0.6 is 11.6 Å². The highest BCUT2D eigenvalue weighted by atomic mass is 35.5. The minimum absolute atomic E-state index is 0.217. The molecular weight excluding hydrogens is 368 g/mol. The third-order valence-corrected chi connectivity index (χ3v) is 4.57. The quantitative estimate of drug-likeness (QED) is 0.551. The van der Waals surface area contributed by atoms with E-state index < -0.39 is 5.76 Å². The molecule has 0 saturated carbocycles. The lowest BCUT2D eigenvalue weighted by Crippen LogP contribution is -2.17. The van der Waals surface area contributed by atoms with Gasteiger partial charge in [-0.1, -0.05) is 11.6 Å². The fourth-order valence-corrected chi connectivity index (χ4v) is 2.95. The molecule has 2 heterocycles. The zero-order valence-electron chi connectivity index (χ0n) is 14.6. The third kappa shape index (κ3) is 3.02. The number of hydrogen-bond acceptors (Lipinski definition) is 4. The molecule has 7 nitrogen and oxygen atoms in total. The third-order valence-electron chi connectivity index (χ3n) is 4.32. The van der Waals surface area contributed by atoms with Crippen molar-refractivity contribution >= 4 is 34.6 Å². The summed E-state index contributed by atoms with van der Waals surface area (Å²) in [7, 11) is 1.64. The molecule has 0 fully saturated rings. The van der Waals surface area contributed by atoms with Gasteiger partial charge in [0.05, 0.1) is 22.5 Å². The summed E-state index contributed by atoms with van der Waals surface area (Å²) < 4.78 is 8.02. The molecule has 0 spiro atoms. The molecular formula is C19H15ClN4O3. The second-order valence-electron chi connectivity index (χ2n) is 6.10. The summed E-state index contributed by atoms with van der Waals surface area (Å²) in [6, 6.07) is 12.1. The van der Waals surface area contributed by atoms with E-state index in [2.05, 4.69) is 10.1 Å². The Kier molecular flexibility index (Phi) is 4.08. The van der Waals surface area contributed by atoms with E-state index in [1.165, 1.54) is 15.5 Å². The number of nitrogens with one attached hydrogen (secondary N) is 1. The molecule has 27 heavy (non-hydrogen) atoms. The molecule has 4 aromatic rings. The lowest BCUT2D eigenvalue weighted by atomic mass is 10.2. The average molecular weight is 383 g/mol. The monoisotopic (exact) mass is 382 g/mol. The Balaban J connectivity index is 1.71. The highest BCUT2D eigenvalue weighted by Crippen LogP contribution is 2.20. The molecule has 0 aliphatic rings. The number of oxazole rings is 1. The Labute approximate surface area is 158 Å². The summed E-state index contributed by atoms with van der Waals surface area (Å²) in [4.78, 5) is 28.6. The molecule has 0 aliphatic carbocycles. The fourth-order valence-electron chi connectivity index (χ4n) is 2.83. The number of aromatic amines is 1. The average Bonchev–Trinajstić information content (AvgIpc) is 3.09. The lowest BCUT2D eigenvalue weighted by Gasteiger charge is -2.00. The summed E-state index contributed by atoms with van der Waals surface area (Å²) in [5.41, 5.74) is 3.30. The predicted octanol–water partition coefficient (Wildman–Crippen LogP) is 3.32. The van der Waals surface area contributed by atoms with E-state index in [4.69, 9.17) is 16.0 Å². The minimum atomic E-state index is -0.432. The van der Waals surface area contributed by atoms with E-state index >= 15 is 0 Å². The number of aromatic nitrogens is 3. The van der Waals surface area contributed by atoms with E-state index in [9.17, 15) is 9.59 Å². The van der Waals surface area contributed by atoms with Gasteiger partial charge in [-0.15, -0.1) is 0 Å². The number of aryl methyl sites for hydroxylation is 2. The second-order valence-corrected chi connectivity index (χ2v) is 6.54. The molecule has 2 aromatic heterocycles. The van der Waals surface area contributed by atoms with Gasteiger partial charge < -0.3 is 4.42 Å². The number of fused-ring (bicyclic) bond motifs is 1. The van der Waals surface area contributed by atoms with Gasteiger partial charge >= 0.3 is 5.76 Å². The molecule has 0 saturated heterocycles. The van der Waals surface area contributed by atoms with Crippen molar-refractivity contribution in [1.82, 2.24) is 14.3 Å². The Morgan fingerprint density at radius 3 is 2.63 bits per heavy atom. The van der Waals surface area contributed by atoms with Crippen LogP contribution in [0.2, 0.25) is 5.02 Å². The Bertz CT molecular complexity index is 1290. The van der Waals surface area contributed by atoms with Gasteiger partial charge in [0.2, 0.25) is 0 Å². The largest absolute Gasteiger partial charge is 0.419 e. The van der Waals surface area contributed by atoms with Crippen molar-refractivity contribution in [3.8, 4) is 5.69 Å². The van der Waals surface area contributed by atoms with Gasteiger partial charge in [0.15, 0.2) is 5.58 Å². The molecule has 0 unspecified atom stereocenters. The highest BCUT2D eigenvalue weighted by Gasteiger charge is 2.11. The SMILES string of the molecule is Cc1[nH]n(-c2ccc(Cl)cc2)c(=O)c1C=Nc1ccc2c(c1)oc(=O)n2C. The summed E-state index contributed by atoms with van der Waals surface area (Å²) in [5.74, 6) is -0.432. The van der Waals surface area contributed by atoms with Crippen LogP contribution in [-0.2, 0) is 7.05 Å². The number of H-pyrrole nitrogens is 1. The van der Waals surface area contributed by atoms with Gasteiger partial charge in [-0.3, -0.25) is 19.5 Å². The first kappa shape index (κ1) is 17.1. The van der Waals surface area contributed by atoms with Crippen molar-refractivity contribution in [1.29, 1.82) is 0 Å². The van der Waals surface area contributed by atoms with Crippen LogP contribution in [0.4, 0.5) is 5.69 Å². The first-order valence-corrected chi connectivity index (χ1v) is 8.53. The van der Waals surface area contributed by atoms with Crippen molar-refractivity contribution < 1.29 is 4.42 Å². The molecule has 2 aromatic carbocycles. The van der Waals surface area contributed by atoms with Gasteiger partial charge in [0, 0.05) is 30.0 Å². The summed E-state index contributed by atoms with van der Waals surface area (Å²) >= 11 is 5.90. The van der Waals surface area contributed by atoms with E-state index in [1.54, 1.807) is 56.4 Å². The normalized spacial score (nSPS) is 11.7. The first-order chi connectivity index (χ1) is 12.9. The second kappa shape index (κ2) is 6.44. The van der Waals surface area contributed by atoms with E-state index in [0.717, 1.165) is 0 Å². The lowest BCUT2D eigenvalue weighted by molar-refractivity contribution is 0.528. The number of aliphatic imine (C=N–C) groups is 1. The standard InChI is InChI=1S/C19H15ClN4O3/c1-11-15(18(25)24(22-11)14-6-3-12(20)4-7-14)10-21-13-5-8-16-17(9-13)27-19(26)23(16)2/h3-10,22H,1-2H3. The van der Waals surface area contributed by atoms with Crippen molar-refractivity contribution in [2.75, 3.05) is 0 Å². The minimum Gasteiger partial charge on any atom is -0.408 e. The van der Waals surface area contributed by atoms with Crippen LogP contribution in [0.3, 0.4) is 0 Å².